The molecule has 2 heteroatoms. The summed E-state index contributed by atoms with van der Waals surface area (Å²) >= 11 is 0. The highest BCUT2D eigenvalue weighted by Gasteiger charge is 2.29. The Balaban J connectivity index is 2.06. The minimum absolute atomic E-state index is 0.00782. The van der Waals surface area contributed by atoms with Crippen molar-refractivity contribution in [1.29, 1.82) is 0 Å². The highest BCUT2D eigenvalue weighted by atomic mass is 16.5. The standard InChI is InChI=1S/C10H14O2/c11-10-6-8-4-2-1-3-5-9(8)7-12-10/h3,5,8-9H,1-2,4,6-7H2. The lowest BCUT2D eigenvalue weighted by Crippen LogP contribution is -2.28. The van der Waals surface area contributed by atoms with Gasteiger partial charge in [-0.3, -0.25) is 4.79 Å². The molecular formula is C10H14O2. The second-order valence-electron chi connectivity index (χ2n) is 3.67. The Labute approximate surface area is 72.6 Å². The molecule has 0 radical (unpaired) electrons. The molecule has 2 atom stereocenters. The number of carbonyl (C=O) groups excluding carboxylic acids is 1. The molecule has 0 aromatic rings. The molecule has 2 nitrogen and oxygen atoms in total. The molecule has 0 bridgehead atoms. The van der Waals surface area contributed by atoms with Gasteiger partial charge in [0, 0.05) is 12.3 Å². The molecule has 12 heavy (non-hydrogen) atoms. The summed E-state index contributed by atoms with van der Waals surface area (Å²) in [5.41, 5.74) is 0. The molecule has 2 unspecified atom stereocenters. The lowest BCUT2D eigenvalue weighted by atomic mass is 9.86. The van der Waals surface area contributed by atoms with Gasteiger partial charge in [0.15, 0.2) is 0 Å². The summed E-state index contributed by atoms with van der Waals surface area (Å²) in [6.07, 6.45) is 8.67. The Morgan fingerprint density at radius 2 is 2.42 bits per heavy atom. The Kier molecular flexibility index (Phi) is 2.15. The number of fused-ring (bicyclic) bond motifs is 1. The van der Waals surface area contributed by atoms with E-state index in [2.05, 4.69) is 12.2 Å². The van der Waals surface area contributed by atoms with E-state index in [-0.39, 0.29) is 5.97 Å². The molecule has 0 N–H and O–H groups in total. The highest BCUT2D eigenvalue weighted by Crippen LogP contribution is 2.30. The molecule has 1 aliphatic heterocycles. The van der Waals surface area contributed by atoms with E-state index in [0.717, 1.165) is 0 Å². The lowest BCUT2D eigenvalue weighted by Gasteiger charge is -2.27. The summed E-state index contributed by atoms with van der Waals surface area (Å²) in [7, 11) is 0. The number of allylic oxidation sites excluding steroid dienone is 1. The van der Waals surface area contributed by atoms with E-state index >= 15 is 0 Å². The highest BCUT2D eigenvalue weighted by molar-refractivity contribution is 5.70. The van der Waals surface area contributed by atoms with Crippen LogP contribution in [0.15, 0.2) is 12.2 Å². The third-order valence-electron chi connectivity index (χ3n) is 2.80. The molecule has 1 saturated heterocycles. The summed E-state index contributed by atoms with van der Waals surface area (Å²) in [6.45, 7) is 0.611. The monoisotopic (exact) mass is 166 g/mol. The van der Waals surface area contributed by atoms with Crippen LogP contribution in [0, 0.1) is 11.8 Å². The van der Waals surface area contributed by atoms with Gasteiger partial charge in [-0.15, -0.1) is 0 Å². The first-order valence-electron chi connectivity index (χ1n) is 4.68. The van der Waals surface area contributed by atoms with Crippen LogP contribution in [0.5, 0.6) is 0 Å². The molecule has 2 rings (SSSR count). The van der Waals surface area contributed by atoms with Crippen molar-refractivity contribution in [2.24, 2.45) is 11.8 Å². The number of carbonyl (C=O) groups is 1. The maximum absolute atomic E-state index is 11.0. The first kappa shape index (κ1) is 7.84. The van der Waals surface area contributed by atoms with Gasteiger partial charge in [0.25, 0.3) is 0 Å². The molecule has 0 aromatic heterocycles. The Morgan fingerprint density at radius 1 is 1.50 bits per heavy atom. The van der Waals surface area contributed by atoms with E-state index in [1.807, 2.05) is 0 Å². The van der Waals surface area contributed by atoms with Gasteiger partial charge in [0.1, 0.15) is 0 Å². The van der Waals surface area contributed by atoms with Crippen LogP contribution in [0.1, 0.15) is 25.7 Å². The van der Waals surface area contributed by atoms with Gasteiger partial charge in [-0.25, -0.2) is 0 Å². The third-order valence-corrected chi connectivity index (χ3v) is 2.80. The van der Waals surface area contributed by atoms with E-state index in [0.29, 0.717) is 24.9 Å². The Bertz CT molecular complexity index is 208. The lowest BCUT2D eigenvalue weighted by molar-refractivity contribution is -0.151. The maximum atomic E-state index is 11.0. The van der Waals surface area contributed by atoms with Crippen LogP contribution in [-0.2, 0) is 9.53 Å². The van der Waals surface area contributed by atoms with Gasteiger partial charge in [0.05, 0.1) is 6.61 Å². The van der Waals surface area contributed by atoms with Gasteiger partial charge in [-0.1, -0.05) is 12.2 Å². The van der Waals surface area contributed by atoms with Crippen molar-refractivity contribution in [3.05, 3.63) is 12.2 Å². The zero-order chi connectivity index (χ0) is 8.39. The second-order valence-corrected chi connectivity index (χ2v) is 3.67. The first-order valence-corrected chi connectivity index (χ1v) is 4.68. The van der Waals surface area contributed by atoms with E-state index in [9.17, 15) is 4.79 Å². The van der Waals surface area contributed by atoms with E-state index in [1.165, 1.54) is 19.3 Å². The molecule has 0 aromatic carbocycles. The summed E-state index contributed by atoms with van der Waals surface area (Å²) in [5, 5.41) is 0. The summed E-state index contributed by atoms with van der Waals surface area (Å²) < 4.78 is 5.01. The minimum Gasteiger partial charge on any atom is -0.465 e. The summed E-state index contributed by atoms with van der Waals surface area (Å²) in [6, 6.07) is 0. The van der Waals surface area contributed by atoms with Crippen LogP contribution in [0.25, 0.3) is 0 Å². The number of ether oxygens (including phenoxy) is 1. The zero-order valence-corrected chi connectivity index (χ0v) is 7.16. The molecule has 1 heterocycles. The molecule has 1 aliphatic carbocycles. The zero-order valence-electron chi connectivity index (χ0n) is 7.16. The van der Waals surface area contributed by atoms with E-state index in [4.69, 9.17) is 4.74 Å². The van der Waals surface area contributed by atoms with Gasteiger partial charge >= 0.3 is 5.97 Å². The molecule has 1 fully saturated rings. The van der Waals surface area contributed by atoms with Gasteiger partial charge < -0.3 is 4.74 Å². The van der Waals surface area contributed by atoms with Gasteiger partial charge in [-0.2, -0.15) is 0 Å². The second kappa shape index (κ2) is 3.30. The number of rotatable bonds is 0. The SMILES string of the molecule is O=C1CC2CCCC=CC2CO1. The molecule has 0 spiro atoms. The third kappa shape index (κ3) is 1.52. The fourth-order valence-corrected chi connectivity index (χ4v) is 2.05. The molecule has 0 saturated carbocycles. The van der Waals surface area contributed by atoms with Crippen LogP contribution < -0.4 is 0 Å². The number of hydrogen-bond donors (Lipinski definition) is 0. The quantitative estimate of drug-likeness (QED) is 0.406. The van der Waals surface area contributed by atoms with Gasteiger partial charge in [-0.05, 0) is 25.2 Å². The predicted molar refractivity (Wildman–Crippen MR) is 45.5 cm³/mol. The average Bonchev–Trinajstić information content (AvgIpc) is 2.28. The molecular weight excluding hydrogens is 152 g/mol. The number of cyclic esters (lactones) is 1. The predicted octanol–water partition coefficient (Wildman–Crippen LogP) is 1.91. The van der Waals surface area contributed by atoms with E-state index < -0.39 is 0 Å². The van der Waals surface area contributed by atoms with Crippen LogP contribution in [0.3, 0.4) is 0 Å². The minimum atomic E-state index is -0.00782. The fourth-order valence-electron chi connectivity index (χ4n) is 2.05. The Hall–Kier alpha value is -0.790. The van der Waals surface area contributed by atoms with Crippen LogP contribution in [0.2, 0.25) is 0 Å². The van der Waals surface area contributed by atoms with Crippen molar-refractivity contribution >= 4 is 5.97 Å². The fraction of sp³-hybridized carbons (Fsp3) is 0.700. The first-order chi connectivity index (χ1) is 5.86. The van der Waals surface area contributed by atoms with Crippen molar-refractivity contribution < 1.29 is 9.53 Å². The topological polar surface area (TPSA) is 26.3 Å². The van der Waals surface area contributed by atoms with Crippen molar-refractivity contribution in [2.45, 2.75) is 25.7 Å². The molecule has 2 aliphatic rings. The summed E-state index contributed by atoms with van der Waals surface area (Å²) in [4.78, 5) is 11.0. The average molecular weight is 166 g/mol. The summed E-state index contributed by atoms with van der Waals surface area (Å²) in [5.74, 6) is 1.06. The van der Waals surface area contributed by atoms with Crippen molar-refractivity contribution in [1.82, 2.24) is 0 Å². The largest absolute Gasteiger partial charge is 0.465 e. The van der Waals surface area contributed by atoms with Crippen molar-refractivity contribution in [3.63, 3.8) is 0 Å². The normalized spacial score (nSPS) is 35.2. The van der Waals surface area contributed by atoms with Crippen LogP contribution >= 0.6 is 0 Å². The molecule has 66 valence electrons. The maximum Gasteiger partial charge on any atom is 0.306 e. The smallest absolute Gasteiger partial charge is 0.306 e. The number of hydrogen-bond acceptors (Lipinski definition) is 2. The van der Waals surface area contributed by atoms with Crippen LogP contribution in [0.4, 0.5) is 0 Å². The van der Waals surface area contributed by atoms with Crippen molar-refractivity contribution in [3.8, 4) is 0 Å². The van der Waals surface area contributed by atoms with Gasteiger partial charge in [0.2, 0.25) is 0 Å². The molecule has 0 amide bonds. The van der Waals surface area contributed by atoms with Crippen molar-refractivity contribution in [2.75, 3.05) is 6.61 Å². The Morgan fingerprint density at radius 3 is 3.33 bits per heavy atom. The van der Waals surface area contributed by atoms with E-state index in [1.54, 1.807) is 0 Å². The van der Waals surface area contributed by atoms with Crippen LogP contribution in [-0.4, -0.2) is 12.6 Å². The number of esters is 1.